The Morgan fingerprint density at radius 1 is 0.896 bits per heavy atom. The number of pyridine rings is 1. The number of phenolic OH excluding ortho intramolecular Hbond substituents is 1. The van der Waals surface area contributed by atoms with Crippen LogP contribution >= 0.6 is 0 Å². The molecule has 1 aromatic heterocycles. The maximum absolute atomic E-state index is 12.8. The van der Waals surface area contributed by atoms with Gasteiger partial charge in [0.05, 0.1) is 24.3 Å². The number of aromatic amines is 1. The SMILES string of the molecule is CCOc1cc(NC(=O)COc2cccc([C@@H](NC(=O)O)c3ccccc3)c2)ccc1CNCC(O)c1ccc(O)c2[nH]c(=O)ccc12. The highest BCUT2D eigenvalue weighted by Crippen LogP contribution is 2.29. The minimum Gasteiger partial charge on any atom is -0.506 e. The van der Waals surface area contributed by atoms with Crippen molar-refractivity contribution < 1.29 is 34.4 Å². The fourth-order valence-electron chi connectivity index (χ4n) is 5.33. The number of amides is 2. The lowest BCUT2D eigenvalue weighted by Gasteiger charge is -2.19. The number of ether oxygens (including phenoxy) is 2. The molecule has 12 heteroatoms. The average molecular weight is 653 g/mol. The van der Waals surface area contributed by atoms with Crippen molar-refractivity contribution in [3.63, 3.8) is 0 Å². The largest absolute Gasteiger partial charge is 0.506 e. The number of carboxylic acid groups (broad SMARTS) is 1. The van der Waals surface area contributed by atoms with Crippen LogP contribution in [0.3, 0.4) is 0 Å². The van der Waals surface area contributed by atoms with Crippen molar-refractivity contribution in [2.75, 3.05) is 25.1 Å². The molecule has 4 aromatic carbocycles. The zero-order valence-electron chi connectivity index (χ0n) is 26.1. The molecule has 0 bridgehead atoms. The number of rotatable bonds is 14. The maximum Gasteiger partial charge on any atom is 0.405 e. The molecule has 0 spiro atoms. The van der Waals surface area contributed by atoms with Crippen LogP contribution in [0.1, 0.15) is 41.3 Å². The van der Waals surface area contributed by atoms with Gasteiger partial charge in [-0.3, -0.25) is 9.59 Å². The van der Waals surface area contributed by atoms with Gasteiger partial charge < -0.3 is 45.7 Å². The Labute approximate surface area is 276 Å². The standard InChI is InChI=1S/C36H36N4O8/c1-2-47-31-18-25(12-11-24(31)19-37-20-30(42)27-13-15-29(41)35-28(27)14-16-32(43)39-35)38-33(44)21-48-26-10-6-9-23(17-26)34(40-36(45)46)22-7-4-3-5-8-22/h3-18,30,34,37,40-42H,2,19-21H2,1H3,(H,38,44)(H,39,43)(H,45,46)/t30?,34-/m0/s1. The quantitative estimate of drug-likeness (QED) is 0.0884. The molecule has 0 saturated heterocycles. The number of anilines is 1. The van der Waals surface area contributed by atoms with Crippen LogP contribution in [0.4, 0.5) is 10.5 Å². The molecule has 248 valence electrons. The smallest absolute Gasteiger partial charge is 0.405 e. The topological polar surface area (TPSA) is 182 Å². The summed E-state index contributed by atoms with van der Waals surface area (Å²) in [7, 11) is 0. The maximum atomic E-state index is 12.8. The third kappa shape index (κ3) is 8.49. The lowest BCUT2D eigenvalue weighted by molar-refractivity contribution is -0.118. The third-order valence-corrected chi connectivity index (χ3v) is 7.53. The monoisotopic (exact) mass is 652 g/mol. The van der Waals surface area contributed by atoms with Crippen LogP contribution in [0.15, 0.2) is 102 Å². The van der Waals surface area contributed by atoms with Gasteiger partial charge >= 0.3 is 6.09 Å². The van der Waals surface area contributed by atoms with E-state index < -0.39 is 24.1 Å². The van der Waals surface area contributed by atoms with Crippen LogP contribution in [0.25, 0.3) is 10.9 Å². The van der Waals surface area contributed by atoms with Crippen molar-refractivity contribution in [2.45, 2.75) is 25.6 Å². The van der Waals surface area contributed by atoms with Gasteiger partial charge in [-0.15, -0.1) is 0 Å². The summed E-state index contributed by atoms with van der Waals surface area (Å²) < 4.78 is 11.6. The van der Waals surface area contributed by atoms with E-state index >= 15 is 0 Å². The number of hydrogen-bond acceptors (Lipinski definition) is 8. The van der Waals surface area contributed by atoms with E-state index in [1.54, 1.807) is 48.5 Å². The number of aliphatic hydroxyl groups excluding tert-OH is 1. The fourth-order valence-corrected chi connectivity index (χ4v) is 5.33. The van der Waals surface area contributed by atoms with Gasteiger partial charge in [-0.2, -0.15) is 0 Å². The molecule has 5 aromatic rings. The zero-order valence-corrected chi connectivity index (χ0v) is 26.1. The van der Waals surface area contributed by atoms with Crippen LogP contribution in [-0.2, 0) is 11.3 Å². The highest BCUT2D eigenvalue weighted by molar-refractivity contribution is 5.92. The Morgan fingerprint density at radius 2 is 1.69 bits per heavy atom. The normalized spacial score (nSPS) is 12.2. The summed E-state index contributed by atoms with van der Waals surface area (Å²) >= 11 is 0. The van der Waals surface area contributed by atoms with E-state index in [0.29, 0.717) is 46.9 Å². The molecule has 2 amide bonds. The van der Waals surface area contributed by atoms with E-state index in [2.05, 4.69) is 20.9 Å². The molecule has 12 nitrogen and oxygen atoms in total. The number of carbonyl (C=O) groups excluding carboxylic acids is 1. The van der Waals surface area contributed by atoms with Crippen LogP contribution in [0.5, 0.6) is 17.2 Å². The number of aromatic nitrogens is 1. The molecular formula is C36H36N4O8. The number of aromatic hydroxyl groups is 1. The van der Waals surface area contributed by atoms with Gasteiger partial charge in [0.1, 0.15) is 17.2 Å². The summed E-state index contributed by atoms with van der Waals surface area (Å²) in [5, 5.41) is 39.5. The molecule has 48 heavy (non-hydrogen) atoms. The third-order valence-electron chi connectivity index (χ3n) is 7.53. The van der Waals surface area contributed by atoms with Crippen LogP contribution in [0.2, 0.25) is 0 Å². The second-order valence-corrected chi connectivity index (χ2v) is 10.9. The highest BCUT2D eigenvalue weighted by atomic mass is 16.5. The van der Waals surface area contributed by atoms with Crippen molar-refractivity contribution in [1.82, 2.24) is 15.6 Å². The number of H-pyrrole nitrogens is 1. The number of benzene rings is 4. The lowest BCUT2D eigenvalue weighted by Crippen LogP contribution is -2.27. The van der Waals surface area contributed by atoms with Gasteiger partial charge in [-0.1, -0.05) is 54.6 Å². The number of carbonyl (C=O) groups is 2. The molecule has 0 saturated carbocycles. The summed E-state index contributed by atoms with van der Waals surface area (Å²) in [4.78, 5) is 38.6. The van der Waals surface area contributed by atoms with Gasteiger partial charge in [0, 0.05) is 41.9 Å². The second-order valence-electron chi connectivity index (χ2n) is 10.9. The summed E-state index contributed by atoms with van der Waals surface area (Å²) in [6.07, 6.45) is -2.09. The summed E-state index contributed by atoms with van der Waals surface area (Å²) in [6, 6.07) is 26.6. The molecule has 7 N–H and O–H groups in total. The van der Waals surface area contributed by atoms with Crippen molar-refractivity contribution in [1.29, 1.82) is 0 Å². The summed E-state index contributed by atoms with van der Waals surface area (Å²) in [5.74, 6) is 0.477. The summed E-state index contributed by atoms with van der Waals surface area (Å²) in [6.45, 7) is 2.50. The average Bonchev–Trinajstić information content (AvgIpc) is 3.08. The minimum absolute atomic E-state index is 0.0802. The van der Waals surface area contributed by atoms with Crippen LogP contribution in [-0.4, -0.2) is 52.1 Å². The first-order chi connectivity index (χ1) is 23.2. The second kappa shape index (κ2) is 15.6. The first kappa shape index (κ1) is 33.5. The molecule has 5 rings (SSSR count). The predicted octanol–water partition coefficient (Wildman–Crippen LogP) is 4.83. The molecule has 0 aliphatic rings. The van der Waals surface area contributed by atoms with E-state index in [9.17, 15) is 29.7 Å². The Hall–Kier alpha value is -5.85. The first-order valence-electron chi connectivity index (χ1n) is 15.3. The minimum atomic E-state index is -1.16. The van der Waals surface area contributed by atoms with Gasteiger partial charge in [-0.25, -0.2) is 4.79 Å². The number of nitrogens with one attached hydrogen (secondary N) is 4. The number of fused-ring (bicyclic) bond motifs is 1. The van der Waals surface area contributed by atoms with E-state index in [1.807, 2.05) is 43.3 Å². The Morgan fingerprint density at radius 3 is 2.46 bits per heavy atom. The van der Waals surface area contributed by atoms with E-state index in [-0.39, 0.29) is 30.0 Å². The molecule has 1 unspecified atom stereocenters. The molecule has 0 aliphatic carbocycles. The van der Waals surface area contributed by atoms with Crippen molar-refractivity contribution in [2.24, 2.45) is 0 Å². The van der Waals surface area contributed by atoms with Crippen molar-refractivity contribution >= 4 is 28.6 Å². The number of phenols is 1. The Bertz CT molecular complexity index is 1950. The summed E-state index contributed by atoms with van der Waals surface area (Å²) in [5.41, 5.74) is 3.19. The van der Waals surface area contributed by atoms with Crippen LogP contribution < -0.4 is 31.0 Å². The molecule has 0 fully saturated rings. The van der Waals surface area contributed by atoms with Crippen LogP contribution in [0, 0.1) is 0 Å². The van der Waals surface area contributed by atoms with Gasteiger partial charge in [0.2, 0.25) is 5.56 Å². The van der Waals surface area contributed by atoms with E-state index in [0.717, 1.165) is 11.1 Å². The molecule has 0 aliphatic heterocycles. The first-order valence-corrected chi connectivity index (χ1v) is 15.3. The molecule has 2 atom stereocenters. The molecule has 0 radical (unpaired) electrons. The zero-order chi connectivity index (χ0) is 34.0. The number of aliphatic hydroxyl groups is 1. The van der Waals surface area contributed by atoms with Crippen molar-refractivity contribution in [3.8, 4) is 17.2 Å². The van der Waals surface area contributed by atoms with E-state index in [1.165, 1.54) is 12.1 Å². The number of hydrogen-bond donors (Lipinski definition) is 7. The van der Waals surface area contributed by atoms with E-state index in [4.69, 9.17) is 9.47 Å². The van der Waals surface area contributed by atoms with Crippen molar-refractivity contribution in [3.05, 3.63) is 130 Å². The Kier molecular flexibility index (Phi) is 10.9. The molecular weight excluding hydrogens is 616 g/mol. The fraction of sp³-hybridized carbons (Fsp3) is 0.194. The lowest BCUT2D eigenvalue weighted by atomic mass is 9.99. The highest BCUT2D eigenvalue weighted by Gasteiger charge is 2.18. The predicted molar refractivity (Wildman–Crippen MR) is 181 cm³/mol. The Balaban J connectivity index is 1.18. The van der Waals surface area contributed by atoms with Gasteiger partial charge in [-0.05, 0) is 53.9 Å². The van der Waals surface area contributed by atoms with Gasteiger partial charge in [0.25, 0.3) is 5.91 Å². The molecule has 1 heterocycles. The van der Waals surface area contributed by atoms with Gasteiger partial charge in [0.15, 0.2) is 6.61 Å².